The molecular formula is C30H28N2O8S. The minimum atomic E-state index is -1.06. The normalized spacial score (nSPS) is 17.4. The van der Waals surface area contributed by atoms with Crippen molar-refractivity contribution in [1.82, 2.24) is 4.98 Å². The number of hydrogen-bond acceptors (Lipinski definition) is 10. The maximum absolute atomic E-state index is 13.6. The number of ketones is 1. The fourth-order valence-corrected chi connectivity index (χ4v) is 5.55. The minimum absolute atomic E-state index is 0.0100. The Morgan fingerprint density at radius 2 is 1.98 bits per heavy atom. The predicted octanol–water partition coefficient (Wildman–Crippen LogP) is 4.98. The molecule has 1 atom stereocenters. The first kappa shape index (κ1) is 27.9. The highest BCUT2D eigenvalue weighted by Gasteiger charge is 2.48. The number of carbonyl (C=O) groups is 3. The number of aliphatic hydroxyl groups is 1. The van der Waals surface area contributed by atoms with Crippen LogP contribution in [-0.2, 0) is 14.3 Å². The number of aliphatic hydroxyl groups excluding tert-OH is 1. The van der Waals surface area contributed by atoms with Crippen molar-refractivity contribution < 1.29 is 38.4 Å². The van der Waals surface area contributed by atoms with Crippen molar-refractivity contribution >= 4 is 39.9 Å². The number of ether oxygens (including phenoxy) is 4. The molecule has 2 aliphatic rings. The second-order valence-corrected chi connectivity index (χ2v) is 10.2. The van der Waals surface area contributed by atoms with Crippen molar-refractivity contribution in [3.8, 4) is 17.2 Å². The molecule has 5 rings (SSSR count). The van der Waals surface area contributed by atoms with Crippen molar-refractivity contribution in [2.75, 3.05) is 31.3 Å². The van der Waals surface area contributed by atoms with Gasteiger partial charge in [0.15, 0.2) is 16.6 Å². The van der Waals surface area contributed by atoms with Crippen LogP contribution in [0, 0.1) is 6.92 Å². The van der Waals surface area contributed by atoms with E-state index in [9.17, 15) is 19.5 Å². The molecular weight excluding hydrogens is 548 g/mol. The smallest absolute Gasteiger partial charge is 0.350 e. The Balaban J connectivity index is 1.65. The quantitative estimate of drug-likeness (QED) is 0.123. The lowest BCUT2D eigenvalue weighted by atomic mass is 9.95. The average molecular weight is 577 g/mol. The van der Waals surface area contributed by atoms with Gasteiger partial charge in [-0.15, -0.1) is 0 Å². The van der Waals surface area contributed by atoms with E-state index in [0.29, 0.717) is 48.3 Å². The van der Waals surface area contributed by atoms with Crippen LogP contribution >= 0.6 is 11.3 Å². The van der Waals surface area contributed by atoms with E-state index in [1.807, 2.05) is 6.92 Å². The maximum atomic E-state index is 13.6. The predicted molar refractivity (Wildman–Crippen MR) is 152 cm³/mol. The highest BCUT2D eigenvalue weighted by Crippen LogP contribution is 2.45. The second-order valence-electron chi connectivity index (χ2n) is 9.25. The third kappa shape index (κ3) is 5.40. The summed E-state index contributed by atoms with van der Waals surface area (Å²) in [5.41, 5.74) is 0.995. The van der Waals surface area contributed by atoms with Gasteiger partial charge in [-0.25, -0.2) is 9.78 Å². The number of benzene rings is 2. The molecule has 212 valence electrons. The lowest BCUT2D eigenvalue weighted by Gasteiger charge is -2.24. The number of nitrogens with zero attached hydrogens (tertiary/aromatic N) is 2. The number of fused-ring (bicyclic) bond motifs is 1. The van der Waals surface area contributed by atoms with Crippen molar-refractivity contribution in [1.29, 1.82) is 0 Å². The Bertz CT molecular complexity index is 1560. The van der Waals surface area contributed by atoms with E-state index in [4.69, 9.17) is 18.9 Å². The molecule has 10 nitrogen and oxygen atoms in total. The van der Waals surface area contributed by atoms with E-state index in [1.54, 1.807) is 49.4 Å². The molecule has 0 unspecified atom stereocenters. The third-order valence-electron chi connectivity index (χ3n) is 6.42. The summed E-state index contributed by atoms with van der Waals surface area (Å²) in [6.07, 6.45) is 2.23. The molecule has 1 aromatic heterocycles. The van der Waals surface area contributed by atoms with Crippen LogP contribution in [0.15, 0.2) is 60.7 Å². The topological polar surface area (TPSA) is 124 Å². The van der Waals surface area contributed by atoms with E-state index < -0.39 is 23.7 Å². The highest BCUT2D eigenvalue weighted by molar-refractivity contribution is 7.17. The monoisotopic (exact) mass is 576 g/mol. The van der Waals surface area contributed by atoms with Gasteiger partial charge in [0.2, 0.25) is 0 Å². The zero-order valence-corrected chi connectivity index (χ0v) is 23.4. The molecule has 3 heterocycles. The fourth-order valence-electron chi connectivity index (χ4n) is 4.56. The Kier molecular flexibility index (Phi) is 8.06. The summed E-state index contributed by atoms with van der Waals surface area (Å²) in [6.45, 7) is 8.36. The van der Waals surface area contributed by atoms with Gasteiger partial charge in [-0.05, 0) is 49.2 Å². The third-order valence-corrected chi connectivity index (χ3v) is 7.55. The number of amides is 1. The van der Waals surface area contributed by atoms with Crippen LogP contribution < -0.4 is 19.1 Å². The molecule has 3 aromatic rings. The highest BCUT2D eigenvalue weighted by atomic mass is 32.1. The first-order valence-electron chi connectivity index (χ1n) is 13.0. The van der Waals surface area contributed by atoms with Crippen LogP contribution in [-0.4, -0.2) is 54.2 Å². The van der Waals surface area contributed by atoms with Crippen molar-refractivity contribution in [3.63, 3.8) is 0 Å². The summed E-state index contributed by atoms with van der Waals surface area (Å²) in [6, 6.07) is 10.7. The Labute approximate surface area is 240 Å². The number of aromatic nitrogens is 1. The molecule has 1 amide bonds. The van der Waals surface area contributed by atoms with Crippen molar-refractivity contribution in [3.05, 3.63) is 82.4 Å². The molecule has 0 saturated carbocycles. The average Bonchev–Trinajstić information content (AvgIpc) is 3.50. The van der Waals surface area contributed by atoms with Gasteiger partial charge in [-0.1, -0.05) is 43.0 Å². The zero-order chi connectivity index (χ0) is 29.1. The summed E-state index contributed by atoms with van der Waals surface area (Å²) in [4.78, 5) is 45.6. The van der Waals surface area contributed by atoms with Crippen LogP contribution in [0.1, 0.15) is 45.9 Å². The van der Waals surface area contributed by atoms with Crippen LogP contribution in [0.3, 0.4) is 0 Å². The maximum Gasteiger partial charge on any atom is 0.350 e. The van der Waals surface area contributed by atoms with Gasteiger partial charge in [-0.3, -0.25) is 14.5 Å². The van der Waals surface area contributed by atoms with Crippen LogP contribution in [0.5, 0.6) is 17.2 Å². The molecule has 1 N–H and O–H groups in total. The molecule has 2 aromatic carbocycles. The molecule has 0 bridgehead atoms. The number of rotatable bonds is 9. The zero-order valence-electron chi connectivity index (χ0n) is 22.5. The first-order valence-corrected chi connectivity index (χ1v) is 13.8. The van der Waals surface area contributed by atoms with Crippen molar-refractivity contribution in [2.24, 2.45) is 0 Å². The minimum Gasteiger partial charge on any atom is -0.507 e. The van der Waals surface area contributed by atoms with E-state index in [2.05, 4.69) is 11.6 Å². The van der Waals surface area contributed by atoms with Gasteiger partial charge in [-0.2, -0.15) is 0 Å². The van der Waals surface area contributed by atoms with E-state index in [0.717, 1.165) is 17.8 Å². The Hall–Kier alpha value is -4.64. The second kappa shape index (κ2) is 11.8. The van der Waals surface area contributed by atoms with Gasteiger partial charge >= 0.3 is 11.9 Å². The number of aryl methyl sites for hydroxylation is 1. The number of carbonyl (C=O) groups excluding carboxylic acids is 3. The lowest BCUT2D eigenvalue weighted by Crippen LogP contribution is -2.29. The first-order chi connectivity index (χ1) is 19.8. The number of thiazole rings is 1. The summed E-state index contributed by atoms with van der Waals surface area (Å²) in [5.74, 6) is -1.32. The number of anilines is 1. The van der Waals surface area contributed by atoms with Crippen LogP contribution in [0.25, 0.3) is 5.76 Å². The summed E-state index contributed by atoms with van der Waals surface area (Å²) < 4.78 is 22.2. The molecule has 41 heavy (non-hydrogen) atoms. The molecule has 0 spiro atoms. The molecule has 1 saturated heterocycles. The van der Waals surface area contributed by atoms with Gasteiger partial charge < -0.3 is 24.1 Å². The van der Waals surface area contributed by atoms with E-state index in [-0.39, 0.29) is 33.5 Å². The van der Waals surface area contributed by atoms with Gasteiger partial charge in [0.25, 0.3) is 5.78 Å². The Morgan fingerprint density at radius 3 is 2.73 bits per heavy atom. The molecule has 0 aliphatic carbocycles. The summed E-state index contributed by atoms with van der Waals surface area (Å²) in [7, 11) is 0. The van der Waals surface area contributed by atoms with Gasteiger partial charge in [0.05, 0.1) is 23.9 Å². The fraction of sp³-hybridized carbons (Fsp3) is 0.267. The number of hydrogen-bond donors (Lipinski definition) is 1. The molecule has 11 heteroatoms. The van der Waals surface area contributed by atoms with Gasteiger partial charge in [0, 0.05) is 5.56 Å². The molecule has 0 radical (unpaired) electrons. The van der Waals surface area contributed by atoms with Crippen LogP contribution in [0.4, 0.5) is 5.13 Å². The lowest BCUT2D eigenvalue weighted by molar-refractivity contribution is -0.132. The number of esters is 1. The Morgan fingerprint density at radius 1 is 1.20 bits per heavy atom. The van der Waals surface area contributed by atoms with Crippen molar-refractivity contribution in [2.45, 2.75) is 26.3 Å². The largest absolute Gasteiger partial charge is 0.507 e. The molecule has 1 fully saturated rings. The van der Waals surface area contributed by atoms with Gasteiger partial charge in [0.1, 0.15) is 36.2 Å². The molecule has 2 aliphatic heterocycles. The van der Waals surface area contributed by atoms with E-state index in [1.165, 1.54) is 11.0 Å². The SMILES string of the molecule is C=CCOC(=O)c1sc(N2C(=O)C(=O)/C(=C(/O)c3ccc4c(c3)OCCO4)[C@@H]2c2cccc(OCCC)c2)nc1C. The van der Waals surface area contributed by atoms with E-state index >= 15 is 0 Å². The summed E-state index contributed by atoms with van der Waals surface area (Å²) >= 11 is 0.927. The summed E-state index contributed by atoms with van der Waals surface area (Å²) in [5, 5.41) is 11.6. The number of Topliss-reactive ketones (excluding diaryl/α,β-unsaturated/α-hetero) is 1. The van der Waals surface area contributed by atoms with Crippen LogP contribution in [0.2, 0.25) is 0 Å². The standard InChI is InChI=1S/C30H28N2O8S/c1-4-11-37-20-8-6-7-18(15-20)24-23(25(33)19-9-10-21-22(16-19)39-14-13-38-21)26(34)28(35)32(24)30-31-17(3)27(41-30)29(36)40-12-5-2/h5-10,15-16,24,33H,2,4,11-14H2,1,3H3/b25-23+/t24-/m0/s1.